The molecule has 2 unspecified atom stereocenters. The molecule has 2 aromatic rings. The average Bonchev–Trinajstić information content (AvgIpc) is 2.68. The average molecular weight is 411 g/mol. The summed E-state index contributed by atoms with van der Waals surface area (Å²) in [7, 11) is 0. The van der Waals surface area contributed by atoms with E-state index < -0.39 is 5.60 Å². The van der Waals surface area contributed by atoms with E-state index in [0.29, 0.717) is 13.2 Å². The Balaban J connectivity index is 1.69. The van der Waals surface area contributed by atoms with Crippen LogP contribution in [0.2, 0.25) is 0 Å². The Hall–Kier alpha value is -2.37. The molecule has 0 spiro atoms. The summed E-state index contributed by atoms with van der Waals surface area (Å²) in [4.78, 5) is 17.2. The number of ether oxygens (including phenoxy) is 2. The van der Waals surface area contributed by atoms with Crippen molar-refractivity contribution in [1.82, 2.24) is 9.80 Å². The Kier molecular flexibility index (Phi) is 7.51. The molecule has 0 aliphatic carbocycles. The van der Waals surface area contributed by atoms with Crippen molar-refractivity contribution in [3.63, 3.8) is 0 Å². The van der Waals surface area contributed by atoms with Crippen LogP contribution < -0.4 is 0 Å². The summed E-state index contributed by atoms with van der Waals surface area (Å²) in [6.45, 7) is 11.2. The van der Waals surface area contributed by atoms with Gasteiger partial charge in [-0.3, -0.25) is 9.80 Å². The number of hydrogen-bond acceptors (Lipinski definition) is 4. The van der Waals surface area contributed by atoms with Gasteiger partial charge in [0.25, 0.3) is 0 Å². The van der Waals surface area contributed by atoms with Crippen LogP contribution in [-0.2, 0) is 22.6 Å². The van der Waals surface area contributed by atoms with Gasteiger partial charge in [-0.15, -0.1) is 0 Å². The highest BCUT2D eigenvalue weighted by molar-refractivity contribution is 5.69. The third kappa shape index (κ3) is 6.57. The van der Waals surface area contributed by atoms with E-state index in [1.54, 1.807) is 0 Å². The van der Waals surface area contributed by atoms with Crippen LogP contribution in [0.4, 0.5) is 4.79 Å². The van der Waals surface area contributed by atoms with Gasteiger partial charge in [0.15, 0.2) is 0 Å². The maximum atomic E-state index is 13.0. The molecule has 0 N–H and O–H groups in total. The molecule has 30 heavy (non-hydrogen) atoms. The van der Waals surface area contributed by atoms with Crippen LogP contribution in [0.1, 0.15) is 38.8 Å². The summed E-state index contributed by atoms with van der Waals surface area (Å²) < 4.78 is 11.7. The normalized spacial score (nSPS) is 20.2. The fraction of sp³-hybridized carbons (Fsp3) is 0.480. The molecule has 1 aliphatic heterocycles. The number of hydrogen-bond donors (Lipinski definition) is 0. The molecule has 1 amide bonds. The quantitative estimate of drug-likeness (QED) is 0.691. The van der Waals surface area contributed by atoms with Gasteiger partial charge in [0.1, 0.15) is 5.60 Å². The van der Waals surface area contributed by atoms with Crippen molar-refractivity contribution in [2.75, 3.05) is 19.7 Å². The SMILES string of the molecule is CC1CN(Cc2ccccc2)CC(COCc2ccccc2)N1C(=O)OC(C)(C)C. The first-order chi connectivity index (χ1) is 14.3. The molecule has 2 aromatic carbocycles. The molecule has 162 valence electrons. The minimum absolute atomic E-state index is 0.0441. The van der Waals surface area contributed by atoms with Gasteiger partial charge in [-0.1, -0.05) is 60.7 Å². The van der Waals surface area contributed by atoms with E-state index in [-0.39, 0.29) is 18.2 Å². The van der Waals surface area contributed by atoms with Crippen molar-refractivity contribution >= 4 is 6.09 Å². The topological polar surface area (TPSA) is 42.0 Å². The van der Waals surface area contributed by atoms with Gasteiger partial charge in [0.2, 0.25) is 0 Å². The van der Waals surface area contributed by atoms with Crippen LogP contribution in [0, 0.1) is 0 Å². The van der Waals surface area contributed by atoms with Crippen molar-refractivity contribution in [2.24, 2.45) is 0 Å². The first kappa shape index (κ1) is 22.3. The van der Waals surface area contributed by atoms with E-state index in [2.05, 4.69) is 48.2 Å². The number of rotatable bonds is 6. The lowest BCUT2D eigenvalue weighted by Crippen LogP contribution is -2.61. The standard InChI is InChI=1S/C25H34N2O3/c1-20-15-26(16-21-11-7-5-8-12-21)17-23(27(20)24(28)30-25(2,3)4)19-29-18-22-13-9-6-10-14-22/h5-14,20,23H,15-19H2,1-4H3. The molecule has 0 radical (unpaired) electrons. The lowest BCUT2D eigenvalue weighted by Gasteiger charge is -2.45. The van der Waals surface area contributed by atoms with Crippen molar-refractivity contribution < 1.29 is 14.3 Å². The van der Waals surface area contributed by atoms with E-state index in [4.69, 9.17) is 9.47 Å². The Labute approximate surface area is 180 Å². The minimum Gasteiger partial charge on any atom is -0.444 e. The number of nitrogens with zero attached hydrogens (tertiary/aromatic N) is 2. The molecule has 1 aliphatic rings. The van der Waals surface area contributed by atoms with Crippen molar-refractivity contribution in [3.8, 4) is 0 Å². The van der Waals surface area contributed by atoms with Crippen LogP contribution in [0.15, 0.2) is 60.7 Å². The summed E-state index contributed by atoms with van der Waals surface area (Å²) in [5, 5.41) is 0. The number of benzene rings is 2. The summed E-state index contributed by atoms with van der Waals surface area (Å²) in [6, 6.07) is 20.6. The Morgan fingerprint density at radius 1 is 0.967 bits per heavy atom. The molecule has 5 heteroatoms. The molecule has 2 atom stereocenters. The van der Waals surface area contributed by atoms with Gasteiger partial charge < -0.3 is 9.47 Å². The van der Waals surface area contributed by atoms with Gasteiger partial charge in [-0.2, -0.15) is 0 Å². The van der Waals surface area contributed by atoms with Gasteiger partial charge in [-0.05, 0) is 38.8 Å². The van der Waals surface area contributed by atoms with Gasteiger partial charge >= 0.3 is 6.09 Å². The van der Waals surface area contributed by atoms with Crippen LogP contribution >= 0.6 is 0 Å². The molecule has 0 aromatic heterocycles. The summed E-state index contributed by atoms with van der Waals surface area (Å²) >= 11 is 0. The number of piperazine rings is 1. The van der Waals surface area contributed by atoms with Crippen molar-refractivity contribution in [3.05, 3.63) is 71.8 Å². The second-order valence-corrected chi connectivity index (χ2v) is 9.07. The predicted octanol–water partition coefficient (Wildman–Crippen LogP) is 4.71. The van der Waals surface area contributed by atoms with Gasteiger partial charge in [0.05, 0.1) is 19.3 Å². The fourth-order valence-corrected chi connectivity index (χ4v) is 3.92. The maximum Gasteiger partial charge on any atom is 0.410 e. The zero-order valence-corrected chi connectivity index (χ0v) is 18.6. The first-order valence-electron chi connectivity index (χ1n) is 10.7. The minimum atomic E-state index is -0.520. The van der Waals surface area contributed by atoms with Crippen molar-refractivity contribution in [1.29, 1.82) is 0 Å². The smallest absolute Gasteiger partial charge is 0.410 e. The van der Waals surface area contributed by atoms with E-state index in [1.807, 2.05) is 49.9 Å². The van der Waals surface area contributed by atoms with Crippen LogP contribution in [0.25, 0.3) is 0 Å². The molecule has 3 rings (SSSR count). The van der Waals surface area contributed by atoms with Crippen LogP contribution in [0.5, 0.6) is 0 Å². The highest BCUT2D eigenvalue weighted by atomic mass is 16.6. The second kappa shape index (κ2) is 10.1. The second-order valence-electron chi connectivity index (χ2n) is 9.07. The summed E-state index contributed by atoms with van der Waals surface area (Å²) in [5.74, 6) is 0. The molecule has 0 bridgehead atoms. The molecular weight excluding hydrogens is 376 g/mol. The lowest BCUT2D eigenvalue weighted by molar-refractivity contribution is -0.0430. The molecule has 5 nitrogen and oxygen atoms in total. The van der Waals surface area contributed by atoms with Crippen LogP contribution in [0.3, 0.4) is 0 Å². The highest BCUT2D eigenvalue weighted by Gasteiger charge is 2.37. The highest BCUT2D eigenvalue weighted by Crippen LogP contribution is 2.22. The number of carbonyl (C=O) groups excluding carboxylic acids is 1. The Bertz CT molecular complexity index is 789. The Morgan fingerprint density at radius 2 is 1.57 bits per heavy atom. The zero-order valence-electron chi connectivity index (χ0n) is 18.6. The summed E-state index contributed by atoms with van der Waals surface area (Å²) in [6.07, 6.45) is -0.261. The first-order valence-corrected chi connectivity index (χ1v) is 10.7. The molecule has 1 fully saturated rings. The number of carbonyl (C=O) groups is 1. The predicted molar refractivity (Wildman–Crippen MR) is 119 cm³/mol. The van der Waals surface area contributed by atoms with Gasteiger partial charge in [0, 0.05) is 25.7 Å². The molecule has 0 saturated carbocycles. The lowest BCUT2D eigenvalue weighted by atomic mass is 10.1. The van der Waals surface area contributed by atoms with Gasteiger partial charge in [-0.25, -0.2) is 4.79 Å². The van der Waals surface area contributed by atoms with E-state index in [1.165, 1.54) is 5.56 Å². The van der Waals surface area contributed by atoms with Crippen molar-refractivity contribution in [2.45, 2.75) is 58.5 Å². The monoisotopic (exact) mass is 410 g/mol. The largest absolute Gasteiger partial charge is 0.444 e. The molecule has 1 saturated heterocycles. The van der Waals surface area contributed by atoms with E-state index >= 15 is 0 Å². The van der Waals surface area contributed by atoms with E-state index in [0.717, 1.165) is 25.2 Å². The third-order valence-electron chi connectivity index (χ3n) is 5.13. The zero-order chi connectivity index (χ0) is 21.6. The fourth-order valence-electron chi connectivity index (χ4n) is 3.92. The third-order valence-corrected chi connectivity index (χ3v) is 5.13. The summed E-state index contributed by atoms with van der Waals surface area (Å²) in [5.41, 5.74) is 1.89. The number of amides is 1. The van der Waals surface area contributed by atoms with E-state index in [9.17, 15) is 4.79 Å². The van der Waals surface area contributed by atoms with Crippen LogP contribution in [-0.4, -0.2) is 53.3 Å². The Morgan fingerprint density at radius 3 is 2.17 bits per heavy atom. The molecule has 1 heterocycles. The maximum absolute atomic E-state index is 13.0. The molecular formula is C25H34N2O3.